The first-order chi connectivity index (χ1) is 27.8. The number of thiocarbonyl (C=S) groups is 4. The summed E-state index contributed by atoms with van der Waals surface area (Å²) in [5.74, 6) is 0. The Morgan fingerprint density at radius 1 is 0.500 bits per heavy atom. The highest BCUT2D eigenvalue weighted by Crippen LogP contribution is 2.16. The van der Waals surface area contributed by atoms with Crippen molar-refractivity contribution in [3.63, 3.8) is 0 Å². The molecule has 0 aromatic heterocycles. The molecule has 0 fully saturated rings. The minimum atomic E-state index is 0.521. The summed E-state index contributed by atoms with van der Waals surface area (Å²) in [6.45, 7) is 25.1. The average molecular weight is 869 g/mol. The highest BCUT2D eigenvalue weighted by atomic mass is 32.1. The number of nitrogen functional groups attached to an aromatic ring is 1. The number of benzene rings is 2. The fraction of sp³-hybridized carbons (Fsp3) is 0.500. The van der Waals surface area contributed by atoms with Gasteiger partial charge in [0.25, 0.3) is 0 Å². The second kappa shape index (κ2) is 26.5. The van der Waals surface area contributed by atoms with E-state index in [1.807, 2.05) is 64.9 Å². The van der Waals surface area contributed by atoms with E-state index in [9.17, 15) is 0 Å². The first-order valence-corrected chi connectivity index (χ1v) is 21.5. The molecule has 2 rings (SSSR count). The van der Waals surface area contributed by atoms with Gasteiger partial charge in [-0.1, -0.05) is 24.3 Å². The molecule has 0 aliphatic rings. The third-order valence-corrected chi connectivity index (χ3v) is 10.8. The summed E-state index contributed by atoms with van der Waals surface area (Å²) in [4.78, 5) is 10.4. The van der Waals surface area contributed by atoms with Crippen LogP contribution in [-0.4, -0.2) is 129 Å². The van der Waals surface area contributed by atoms with Crippen LogP contribution in [-0.2, 0) is 0 Å². The lowest BCUT2D eigenvalue weighted by atomic mass is 10.1. The van der Waals surface area contributed by atoms with E-state index < -0.39 is 0 Å². The lowest BCUT2D eigenvalue weighted by Crippen LogP contribution is -2.40. The van der Waals surface area contributed by atoms with Crippen LogP contribution in [0.1, 0.15) is 79.9 Å². The van der Waals surface area contributed by atoms with Crippen molar-refractivity contribution < 1.29 is 0 Å². The number of hydrogen-bond donors (Lipinski definition) is 5. The molecular formula is C40H64N14S4. The molecule has 2 aromatic carbocycles. The predicted molar refractivity (Wildman–Crippen MR) is 263 cm³/mol. The maximum atomic E-state index is 5.97. The standard InChI is InChI=1S/C40H64N14S4/c1-11-51(12-2)37(55)46-42-29(8)35(31-19-23-33(41)24-20-31)45-49-40(58)54(17-7)28-18-27-50(10)34-25-21-32(22-26-34)36(44-48-39(57)53(15-5)16-6)30(9)43-47-38(56)52(13-3)14-4/h19-26H,11-18,27-28,41H2,1-10H3,(H,46,55)(H,47,56)(H,48,57)(H,49,58)/b42-29+,43-30+,44-36-,45-35-. The summed E-state index contributed by atoms with van der Waals surface area (Å²) >= 11 is 22.5. The number of anilines is 2. The number of nitrogens with two attached hydrogens (primary N) is 1. The Balaban J connectivity index is 2.18. The van der Waals surface area contributed by atoms with E-state index in [4.69, 9.17) is 64.8 Å². The van der Waals surface area contributed by atoms with Crippen molar-refractivity contribution in [2.75, 3.05) is 76.6 Å². The maximum Gasteiger partial charge on any atom is 0.189 e. The van der Waals surface area contributed by atoms with Gasteiger partial charge in [-0.2, -0.15) is 20.4 Å². The minimum absolute atomic E-state index is 0.521. The van der Waals surface area contributed by atoms with Gasteiger partial charge in [-0.05, 0) is 142 Å². The molecule has 0 amide bonds. The molecule has 0 aliphatic heterocycles. The van der Waals surface area contributed by atoms with Gasteiger partial charge in [-0.3, -0.25) is 21.7 Å². The summed E-state index contributed by atoms with van der Waals surface area (Å²) in [5.41, 5.74) is 24.2. The van der Waals surface area contributed by atoms with Crippen molar-refractivity contribution in [2.24, 2.45) is 20.4 Å². The van der Waals surface area contributed by atoms with Crippen LogP contribution in [0, 0.1) is 0 Å². The van der Waals surface area contributed by atoms with Crippen LogP contribution in [0.15, 0.2) is 68.9 Å². The van der Waals surface area contributed by atoms with E-state index in [1.54, 1.807) is 0 Å². The zero-order chi connectivity index (χ0) is 43.2. The smallest absolute Gasteiger partial charge is 0.189 e. The molecule has 0 bridgehead atoms. The fourth-order valence-corrected chi connectivity index (χ4v) is 6.82. The quantitative estimate of drug-likeness (QED) is 0.0474. The van der Waals surface area contributed by atoms with Gasteiger partial charge >= 0.3 is 0 Å². The molecule has 58 heavy (non-hydrogen) atoms. The Morgan fingerprint density at radius 3 is 1.19 bits per heavy atom. The van der Waals surface area contributed by atoms with Gasteiger partial charge in [0, 0.05) is 88.5 Å². The molecule has 2 aromatic rings. The van der Waals surface area contributed by atoms with Gasteiger partial charge in [0.2, 0.25) is 0 Å². The average Bonchev–Trinajstić information content (AvgIpc) is 3.22. The topological polar surface area (TPSA) is 140 Å². The fourth-order valence-electron chi connectivity index (χ4n) is 5.65. The second-order valence-corrected chi connectivity index (χ2v) is 14.6. The highest BCUT2D eigenvalue weighted by molar-refractivity contribution is 7.80. The second-order valence-electron chi connectivity index (χ2n) is 13.0. The Kier molecular flexibility index (Phi) is 22.7. The Labute approximate surface area is 368 Å². The SMILES string of the molecule is CCN(CC)C(=S)N/N=C(C)/C(=N/NC(=S)N(CC)CC)c1ccc(N(C)CCCN(CC)C(=S)N/N=C(/C(C)=N/NC(=S)N(CC)CC)c2ccc(N)cc2)cc1. The number of nitrogens with one attached hydrogen (secondary N) is 4. The monoisotopic (exact) mass is 868 g/mol. The van der Waals surface area contributed by atoms with E-state index in [0.29, 0.717) is 55.5 Å². The van der Waals surface area contributed by atoms with Crippen LogP contribution in [0.3, 0.4) is 0 Å². The van der Waals surface area contributed by atoms with Gasteiger partial charge in [0.1, 0.15) is 11.4 Å². The molecule has 18 heteroatoms. The molecule has 0 unspecified atom stereocenters. The molecule has 0 aliphatic carbocycles. The molecule has 0 heterocycles. The van der Waals surface area contributed by atoms with E-state index in [-0.39, 0.29) is 0 Å². The van der Waals surface area contributed by atoms with Crippen LogP contribution >= 0.6 is 48.9 Å². The van der Waals surface area contributed by atoms with Gasteiger partial charge in [-0.15, -0.1) is 0 Å². The van der Waals surface area contributed by atoms with Gasteiger partial charge in [-0.25, -0.2) is 0 Å². The number of hydrazone groups is 4. The van der Waals surface area contributed by atoms with Crippen LogP contribution < -0.4 is 32.3 Å². The Morgan fingerprint density at radius 2 is 0.828 bits per heavy atom. The summed E-state index contributed by atoms with van der Waals surface area (Å²) in [6, 6.07) is 15.7. The van der Waals surface area contributed by atoms with Crippen molar-refractivity contribution in [3.8, 4) is 0 Å². The zero-order valence-electron chi connectivity index (χ0n) is 35.9. The molecular weight excluding hydrogens is 805 g/mol. The third kappa shape index (κ3) is 15.7. The van der Waals surface area contributed by atoms with Gasteiger partial charge in [0.05, 0.1) is 11.4 Å². The zero-order valence-corrected chi connectivity index (χ0v) is 39.2. The summed E-state index contributed by atoms with van der Waals surface area (Å²) < 4.78 is 0. The molecule has 0 saturated carbocycles. The van der Waals surface area contributed by atoms with E-state index >= 15 is 0 Å². The lowest BCUT2D eigenvalue weighted by molar-refractivity contribution is 0.425. The van der Waals surface area contributed by atoms with Gasteiger partial charge in [0.15, 0.2) is 20.4 Å². The van der Waals surface area contributed by atoms with Crippen LogP contribution in [0.4, 0.5) is 11.4 Å². The van der Waals surface area contributed by atoms with Crippen LogP contribution in [0.5, 0.6) is 0 Å². The molecule has 0 spiro atoms. The Bertz CT molecular complexity index is 1750. The first kappa shape index (κ1) is 49.6. The van der Waals surface area contributed by atoms with Crippen LogP contribution in [0.2, 0.25) is 0 Å². The van der Waals surface area contributed by atoms with E-state index in [0.717, 1.165) is 75.6 Å². The van der Waals surface area contributed by atoms with E-state index in [2.05, 4.69) is 109 Å². The first-order valence-electron chi connectivity index (χ1n) is 19.9. The highest BCUT2D eigenvalue weighted by Gasteiger charge is 2.15. The van der Waals surface area contributed by atoms with Crippen LogP contribution in [0.25, 0.3) is 0 Å². The van der Waals surface area contributed by atoms with Crippen molar-refractivity contribution in [3.05, 3.63) is 59.7 Å². The molecule has 6 N–H and O–H groups in total. The molecule has 0 atom stereocenters. The summed E-state index contributed by atoms with van der Waals surface area (Å²) in [6.07, 6.45) is 0.860. The lowest BCUT2D eigenvalue weighted by Gasteiger charge is -2.25. The van der Waals surface area contributed by atoms with E-state index in [1.165, 1.54) is 0 Å². The minimum Gasteiger partial charge on any atom is -0.399 e. The molecule has 318 valence electrons. The molecule has 14 nitrogen and oxygen atoms in total. The van der Waals surface area contributed by atoms with Crippen molar-refractivity contribution in [1.29, 1.82) is 0 Å². The van der Waals surface area contributed by atoms with Crippen molar-refractivity contribution in [1.82, 2.24) is 41.3 Å². The molecule has 0 radical (unpaired) electrons. The number of hydrogen-bond acceptors (Lipinski definition) is 10. The normalized spacial score (nSPS) is 12.0. The van der Waals surface area contributed by atoms with Gasteiger partial charge < -0.3 is 30.2 Å². The molecule has 0 saturated heterocycles. The number of rotatable bonds is 20. The Hall–Kier alpha value is -4.52. The van der Waals surface area contributed by atoms with Crippen molar-refractivity contribution >= 4 is 104 Å². The third-order valence-electron chi connectivity index (χ3n) is 9.36. The summed E-state index contributed by atoms with van der Waals surface area (Å²) in [5, 5.41) is 20.8. The maximum absolute atomic E-state index is 5.97. The predicted octanol–water partition coefficient (Wildman–Crippen LogP) is 5.80. The largest absolute Gasteiger partial charge is 0.399 e. The van der Waals surface area contributed by atoms with Crippen molar-refractivity contribution in [2.45, 2.75) is 68.7 Å². The number of nitrogens with zero attached hydrogens (tertiary/aromatic N) is 9. The summed E-state index contributed by atoms with van der Waals surface area (Å²) in [7, 11) is 2.08.